The number of fused-ring (bicyclic) bond motifs is 1. The summed E-state index contributed by atoms with van der Waals surface area (Å²) in [5.41, 5.74) is 3.58. The van der Waals surface area contributed by atoms with E-state index in [1.54, 1.807) is 6.07 Å². The van der Waals surface area contributed by atoms with Gasteiger partial charge < -0.3 is 0 Å². The van der Waals surface area contributed by atoms with Crippen molar-refractivity contribution < 1.29 is 9.85 Å². The van der Waals surface area contributed by atoms with Gasteiger partial charge in [-0.2, -0.15) is 5.10 Å². The standard InChI is InChI=1S/C15H10N6O4/c22-20(23)11-5-6-14(15(7-11)21(24)25)19-17-9-10-8-16-12-3-1-2-4-13(12)18-10/h1-9,19H/b17-9-. The van der Waals surface area contributed by atoms with Crippen LogP contribution in [-0.4, -0.2) is 26.0 Å². The number of rotatable bonds is 5. The molecule has 0 aliphatic heterocycles. The lowest BCUT2D eigenvalue weighted by molar-refractivity contribution is -0.393. The molecule has 0 spiro atoms. The van der Waals surface area contributed by atoms with Gasteiger partial charge in [0.1, 0.15) is 11.4 Å². The average molecular weight is 338 g/mol. The van der Waals surface area contributed by atoms with E-state index in [1.165, 1.54) is 18.5 Å². The Hall–Kier alpha value is -3.95. The van der Waals surface area contributed by atoms with Crippen LogP contribution >= 0.6 is 0 Å². The summed E-state index contributed by atoms with van der Waals surface area (Å²) in [5, 5.41) is 25.6. The van der Waals surface area contributed by atoms with E-state index in [0.717, 1.165) is 17.6 Å². The molecule has 0 aliphatic carbocycles. The Morgan fingerprint density at radius 3 is 2.52 bits per heavy atom. The van der Waals surface area contributed by atoms with E-state index in [0.29, 0.717) is 11.2 Å². The van der Waals surface area contributed by atoms with E-state index in [-0.39, 0.29) is 11.4 Å². The maximum absolute atomic E-state index is 11.0. The van der Waals surface area contributed by atoms with E-state index in [2.05, 4.69) is 20.5 Å². The minimum Gasteiger partial charge on any atom is -0.272 e. The smallest absolute Gasteiger partial charge is 0.272 e. The quantitative estimate of drug-likeness (QED) is 0.429. The van der Waals surface area contributed by atoms with Crippen LogP contribution in [0.1, 0.15) is 5.69 Å². The van der Waals surface area contributed by atoms with Crippen molar-refractivity contribution in [2.24, 2.45) is 5.10 Å². The maximum atomic E-state index is 11.0. The molecule has 10 heteroatoms. The fourth-order valence-electron chi connectivity index (χ4n) is 2.08. The van der Waals surface area contributed by atoms with Gasteiger partial charge in [0.2, 0.25) is 0 Å². The molecule has 0 aliphatic rings. The zero-order valence-electron chi connectivity index (χ0n) is 12.6. The van der Waals surface area contributed by atoms with Crippen molar-refractivity contribution in [3.63, 3.8) is 0 Å². The summed E-state index contributed by atoms with van der Waals surface area (Å²) in [6, 6.07) is 10.5. The second-order valence-electron chi connectivity index (χ2n) is 4.87. The summed E-state index contributed by atoms with van der Waals surface area (Å²) in [6.07, 6.45) is 2.86. The molecule has 3 aromatic rings. The third kappa shape index (κ3) is 3.52. The van der Waals surface area contributed by atoms with Gasteiger partial charge in [0.05, 0.1) is 39.4 Å². The average Bonchev–Trinajstić information content (AvgIpc) is 2.61. The number of nitro benzene ring substituents is 2. The Balaban J connectivity index is 1.83. The molecule has 3 rings (SSSR count). The summed E-state index contributed by atoms with van der Waals surface area (Å²) in [7, 11) is 0. The van der Waals surface area contributed by atoms with Crippen molar-refractivity contribution >= 4 is 34.3 Å². The minimum absolute atomic E-state index is 0.0283. The fourth-order valence-corrected chi connectivity index (χ4v) is 2.08. The lowest BCUT2D eigenvalue weighted by atomic mass is 10.2. The van der Waals surface area contributed by atoms with E-state index in [9.17, 15) is 20.2 Å². The van der Waals surface area contributed by atoms with E-state index >= 15 is 0 Å². The van der Waals surface area contributed by atoms with E-state index < -0.39 is 15.5 Å². The number of nitrogens with one attached hydrogen (secondary N) is 1. The summed E-state index contributed by atoms with van der Waals surface area (Å²) in [5.74, 6) is 0. The predicted molar refractivity (Wildman–Crippen MR) is 90.5 cm³/mol. The topological polar surface area (TPSA) is 136 Å². The fraction of sp³-hybridized carbons (Fsp3) is 0. The lowest BCUT2D eigenvalue weighted by Crippen LogP contribution is -1.99. The number of para-hydroxylation sites is 2. The highest BCUT2D eigenvalue weighted by Gasteiger charge is 2.19. The molecule has 0 atom stereocenters. The van der Waals surface area contributed by atoms with Crippen LogP contribution < -0.4 is 5.43 Å². The second-order valence-corrected chi connectivity index (χ2v) is 4.87. The molecule has 0 fully saturated rings. The van der Waals surface area contributed by atoms with Crippen LogP contribution in [0.3, 0.4) is 0 Å². The summed E-state index contributed by atoms with van der Waals surface area (Å²) < 4.78 is 0. The number of benzene rings is 2. The van der Waals surface area contributed by atoms with Gasteiger partial charge in [-0.25, -0.2) is 4.98 Å². The number of hydrogen-bond acceptors (Lipinski definition) is 8. The number of aromatic nitrogens is 2. The van der Waals surface area contributed by atoms with Crippen LogP contribution in [0.5, 0.6) is 0 Å². The molecule has 25 heavy (non-hydrogen) atoms. The van der Waals surface area contributed by atoms with Gasteiger partial charge in [-0.1, -0.05) is 12.1 Å². The van der Waals surface area contributed by atoms with E-state index in [4.69, 9.17) is 0 Å². The number of nitrogens with zero attached hydrogens (tertiary/aromatic N) is 5. The van der Waals surface area contributed by atoms with Crippen LogP contribution in [0.25, 0.3) is 11.0 Å². The monoisotopic (exact) mass is 338 g/mol. The van der Waals surface area contributed by atoms with Crippen molar-refractivity contribution in [1.82, 2.24) is 9.97 Å². The molecule has 0 unspecified atom stereocenters. The van der Waals surface area contributed by atoms with Crippen LogP contribution in [0.15, 0.2) is 53.8 Å². The molecule has 0 radical (unpaired) electrons. The molecule has 124 valence electrons. The highest BCUT2D eigenvalue weighted by molar-refractivity contribution is 5.82. The third-order valence-electron chi connectivity index (χ3n) is 3.24. The zero-order chi connectivity index (χ0) is 17.8. The summed E-state index contributed by atoms with van der Waals surface area (Å²) in [6.45, 7) is 0. The number of hydrazone groups is 1. The van der Waals surface area contributed by atoms with Crippen molar-refractivity contribution in [3.8, 4) is 0 Å². The Morgan fingerprint density at radius 1 is 1.04 bits per heavy atom. The maximum Gasteiger partial charge on any atom is 0.301 e. The van der Waals surface area contributed by atoms with Gasteiger partial charge in [-0.15, -0.1) is 0 Å². The summed E-state index contributed by atoms with van der Waals surface area (Å²) >= 11 is 0. The number of non-ortho nitro benzene ring substituents is 1. The van der Waals surface area contributed by atoms with Crippen molar-refractivity contribution in [2.75, 3.05) is 5.43 Å². The van der Waals surface area contributed by atoms with Gasteiger partial charge in [0.25, 0.3) is 5.69 Å². The van der Waals surface area contributed by atoms with Gasteiger partial charge in [-0.3, -0.25) is 30.6 Å². The Labute approximate surface area is 140 Å². The molecule has 0 amide bonds. The Bertz CT molecular complexity index is 1000. The molecule has 0 saturated carbocycles. The van der Waals surface area contributed by atoms with Crippen molar-refractivity contribution in [3.05, 3.63) is 74.6 Å². The van der Waals surface area contributed by atoms with Gasteiger partial charge in [-0.05, 0) is 18.2 Å². The molecule has 2 aromatic carbocycles. The molecule has 0 saturated heterocycles. The molecule has 1 heterocycles. The second kappa shape index (κ2) is 6.66. The van der Waals surface area contributed by atoms with Crippen LogP contribution in [0.2, 0.25) is 0 Å². The first kappa shape index (κ1) is 15.9. The van der Waals surface area contributed by atoms with Gasteiger partial charge in [0, 0.05) is 6.07 Å². The summed E-state index contributed by atoms with van der Waals surface area (Å²) in [4.78, 5) is 28.9. The number of anilines is 1. The SMILES string of the molecule is O=[N+]([O-])c1ccc(N/N=C\c2cnc3ccccc3n2)c([N+](=O)[O-])c1. The predicted octanol–water partition coefficient (Wildman–Crippen LogP) is 2.89. The molecular weight excluding hydrogens is 328 g/mol. The molecular formula is C15H10N6O4. The molecule has 10 nitrogen and oxygen atoms in total. The first-order valence-corrected chi connectivity index (χ1v) is 6.98. The lowest BCUT2D eigenvalue weighted by Gasteiger charge is -2.02. The largest absolute Gasteiger partial charge is 0.301 e. The Morgan fingerprint density at radius 2 is 1.80 bits per heavy atom. The first-order chi connectivity index (χ1) is 12.0. The molecule has 1 aromatic heterocycles. The number of nitro groups is 2. The third-order valence-corrected chi connectivity index (χ3v) is 3.24. The normalized spacial score (nSPS) is 10.9. The van der Waals surface area contributed by atoms with Gasteiger partial charge >= 0.3 is 5.69 Å². The molecule has 0 bridgehead atoms. The van der Waals surface area contributed by atoms with Crippen molar-refractivity contribution in [1.29, 1.82) is 0 Å². The highest BCUT2D eigenvalue weighted by atomic mass is 16.6. The van der Waals surface area contributed by atoms with E-state index in [1.807, 2.05) is 18.2 Å². The van der Waals surface area contributed by atoms with Crippen LogP contribution in [0.4, 0.5) is 17.1 Å². The Kier molecular flexibility index (Phi) is 4.24. The van der Waals surface area contributed by atoms with Crippen LogP contribution in [-0.2, 0) is 0 Å². The number of hydrogen-bond donors (Lipinski definition) is 1. The zero-order valence-corrected chi connectivity index (χ0v) is 12.6. The molecule has 1 N–H and O–H groups in total. The van der Waals surface area contributed by atoms with Gasteiger partial charge in [0.15, 0.2) is 0 Å². The van der Waals surface area contributed by atoms with Crippen molar-refractivity contribution in [2.45, 2.75) is 0 Å². The highest BCUT2D eigenvalue weighted by Crippen LogP contribution is 2.28. The first-order valence-electron chi connectivity index (χ1n) is 6.98. The minimum atomic E-state index is -0.722. The van der Waals surface area contributed by atoms with Crippen LogP contribution in [0, 0.1) is 20.2 Å².